The lowest BCUT2D eigenvalue weighted by molar-refractivity contribution is 0.0678. The van der Waals surface area contributed by atoms with Gasteiger partial charge in [0.1, 0.15) is 0 Å². The van der Waals surface area contributed by atoms with Gasteiger partial charge in [-0.25, -0.2) is 0 Å². The van der Waals surface area contributed by atoms with Crippen molar-refractivity contribution in [2.45, 2.75) is 39.2 Å². The van der Waals surface area contributed by atoms with E-state index < -0.39 is 10.2 Å². The van der Waals surface area contributed by atoms with Gasteiger partial charge in [-0.3, -0.25) is 4.79 Å². The van der Waals surface area contributed by atoms with Crippen LogP contribution in [0.15, 0.2) is 22.8 Å². The van der Waals surface area contributed by atoms with E-state index >= 15 is 0 Å². The number of carbonyl (C=O) groups is 1. The molecule has 3 heterocycles. The summed E-state index contributed by atoms with van der Waals surface area (Å²) in [5, 5.41) is 0. The molecule has 2 saturated heterocycles. The second-order valence-corrected chi connectivity index (χ2v) is 9.13. The molecule has 0 saturated carbocycles. The number of carbonyl (C=O) groups excluding carboxylic acids is 1. The maximum absolute atomic E-state index is 12.7. The molecular formula is C17H27N3O4S. The zero-order chi connectivity index (χ0) is 18.0. The summed E-state index contributed by atoms with van der Waals surface area (Å²) >= 11 is 0. The Hall–Kier alpha value is -1.38. The second-order valence-electron chi connectivity index (χ2n) is 7.43. The Balaban J connectivity index is 1.54. The number of amides is 1. The van der Waals surface area contributed by atoms with Crippen LogP contribution in [0.1, 0.15) is 43.7 Å². The number of nitrogens with one attached hydrogen (secondary N) is 1. The van der Waals surface area contributed by atoms with Crippen LogP contribution in [0, 0.1) is 11.8 Å². The van der Waals surface area contributed by atoms with Crippen molar-refractivity contribution < 1.29 is 17.6 Å². The topological polar surface area (TPSA) is 82.9 Å². The standard InChI is InChI=1S/C17H27N3O4S/c1-13-10-14(2)12-20(11-13)25(22,23)18-15-5-7-19(8-6-15)17(21)16-4-3-9-24-16/h3-4,9,13-15,18H,5-8,10-12H2,1-2H3. The van der Waals surface area contributed by atoms with Gasteiger partial charge in [-0.15, -0.1) is 0 Å². The lowest BCUT2D eigenvalue weighted by Crippen LogP contribution is -2.53. The number of likely N-dealkylation sites (tertiary alicyclic amines) is 1. The molecule has 2 atom stereocenters. The molecular weight excluding hydrogens is 342 g/mol. The first-order chi connectivity index (χ1) is 11.8. The molecule has 8 heteroatoms. The first-order valence-corrected chi connectivity index (χ1v) is 10.4. The molecule has 2 aliphatic heterocycles. The Morgan fingerprint density at radius 2 is 1.84 bits per heavy atom. The van der Waals surface area contributed by atoms with E-state index in [1.165, 1.54) is 6.26 Å². The van der Waals surface area contributed by atoms with Crippen LogP contribution in [-0.4, -0.2) is 55.8 Å². The van der Waals surface area contributed by atoms with Gasteiger partial charge in [0, 0.05) is 32.2 Å². The van der Waals surface area contributed by atoms with Gasteiger partial charge in [0.05, 0.1) is 6.26 Å². The maximum Gasteiger partial charge on any atom is 0.289 e. The van der Waals surface area contributed by atoms with Crippen molar-refractivity contribution in [1.29, 1.82) is 0 Å². The summed E-state index contributed by atoms with van der Waals surface area (Å²) in [7, 11) is -3.47. The second kappa shape index (κ2) is 7.47. The van der Waals surface area contributed by atoms with Gasteiger partial charge in [0.15, 0.2) is 5.76 Å². The minimum absolute atomic E-state index is 0.127. The Morgan fingerprint density at radius 3 is 2.40 bits per heavy atom. The molecule has 1 N–H and O–H groups in total. The highest BCUT2D eigenvalue weighted by Gasteiger charge is 2.33. The maximum atomic E-state index is 12.7. The van der Waals surface area contributed by atoms with Gasteiger partial charge in [-0.05, 0) is 43.2 Å². The van der Waals surface area contributed by atoms with Gasteiger partial charge in [0.2, 0.25) is 0 Å². The van der Waals surface area contributed by atoms with Gasteiger partial charge >= 0.3 is 0 Å². The summed E-state index contributed by atoms with van der Waals surface area (Å²) in [6.07, 6.45) is 3.78. The van der Waals surface area contributed by atoms with Crippen LogP contribution in [0.5, 0.6) is 0 Å². The fourth-order valence-electron chi connectivity index (χ4n) is 3.84. The van der Waals surface area contributed by atoms with E-state index in [1.807, 2.05) is 0 Å². The number of nitrogens with zero attached hydrogens (tertiary/aromatic N) is 2. The molecule has 1 amide bonds. The van der Waals surface area contributed by atoms with E-state index in [0.717, 1.165) is 6.42 Å². The molecule has 0 bridgehead atoms. The highest BCUT2D eigenvalue weighted by molar-refractivity contribution is 7.87. The fraction of sp³-hybridized carbons (Fsp3) is 0.706. The lowest BCUT2D eigenvalue weighted by atomic mass is 9.94. The summed E-state index contributed by atoms with van der Waals surface area (Å²) < 4.78 is 34.9. The summed E-state index contributed by atoms with van der Waals surface area (Å²) in [5.74, 6) is 0.960. The van der Waals surface area contributed by atoms with Crippen molar-refractivity contribution in [3.63, 3.8) is 0 Å². The zero-order valence-corrected chi connectivity index (χ0v) is 15.7. The third-order valence-corrected chi connectivity index (χ3v) is 6.61. The smallest absolute Gasteiger partial charge is 0.289 e. The summed E-state index contributed by atoms with van der Waals surface area (Å²) in [6, 6.07) is 3.21. The molecule has 0 aliphatic carbocycles. The van der Waals surface area contributed by atoms with Crippen molar-refractivity contribution in [3.8, 4) is 0 Å². The van der Waals surface area contributed by atoms with Crippen molar-refractivity contribution >= 4 is 16.1 Å². The highest BCUT2D eigenvalue weighted by Crippen LogP contribution is 2.23. The lowest BCUT2D eigenvalue weighted by Gasteiger charge is -2.36. The number of rotatable bonds is 4. The summed E-state index contributed by atoms with van der Waals surface area (Å²) in [5.41, 5.74) is 0. The average Bonchev–Trinajstić information content (AvgIpc) is 3.08. The van der Waals surface area contributed by atoms with Crippen molar-refractivity contribution in [2.24, 2.45) is 11.8 Å². The van der Waals surface area contributed by atoms with Crippen LogP contribution < -0.4 is 4.72 Å². The molecule has 0 aromatic carbocycles. The fourth-order valence-corrected chi connectivity index (χ4v) is 5.55. The molecule has 1 aromatic rings. The zero-order valence-electron chi connectivity index (χ0n) is 14.8. The Morgan fingerprint density at radius 1 is 1.20 bits per heavy atom. The van der Waals surface area contributed by atoms with E-state index in [1.54, 1.807) is 21.3 Å². The van der Waals surface area contributed by atoms with E-state index in [9.17, 15) is 13.2 Å². The minimum Gasteiger partial charge on any atom is -0.459 e. The highest BCUT2D eigenvalue weighted by atomic mass is 32.2. The third kappa shape index (κ3) is 4.43. The van der Waals surface area contributed by atoms with Gasteiger partial charge < -0.3 is 9.32 Å². The van der Waals surface area contributed by atoms with E-state index in [-0.39, 0.29) is 11.9 Å². The predicted molar refractivity (Wildman–Crippen MR) is 94.2 cm³/mol. The van der Waals surface area contributed by atoms with Crippen LogP contribution in [0.3, 0.4) is 0 Å². The van der Waals surface area contributed by atoms with E-state index in [4.69, 9.17) is 4.42 Å². The van der Waals surface area contributed by atoms with Crippen molar-refractivity contribution in [3.05, 3.63) is 24.2 Å². The number of furan rings is 1. The summed E-state index contributed by atoms with van der Waals surface area (Å²) in [6.45, 7) is 6.40. The Kier molecular flexibility index (Phi) is 5.50. The molecule has 3 rings (SSSR count). The molecule has 1 aromatic heterocycles. The predicted octanol–water partition coefficient (Wildman–Crippen LogP) is 1.70. The van der Waals surface area contributed by atoms with Gasteiger partial charge in [-0.1, -0.05) is 13.8 Å². The first-order valence-electron chi connectivity index (χ1n) is 8.95. The molecule has 0 spiro atoms. The van der Waals surface area contributed by atoms with Gasteiger partial charge in [0.25, 0.3) is 16.1 Å². The Bertz CT molecular complexity index is 671. The molecule has 25 heavy (non-hydrogen) atoms. The van der Waals surface area contributed by atoms with Gasteiger partial charge in [-0.2, -0.15) is 17.4 Å². The Labute approximate surface area is 149 Å². The van der Waals surface area contributed by atoms with Crippen LogP contribution in [-0.2, 0) is 10.2 Å². The van der Waals surface area contributed by atoms with Crippen LogP contribution in [0.2, 0.25) is 0 Å². The number of piperidine rings is 2. The molecule has 140 valence electrons. The van der Waals surface area contributed by atoms with E-state index in [0.29, 0.717) is 56.6 Å². The molecule has 2 aliphatic rings. The first kappa shape index (κ1) is 18.4. The summed E-state index contributed by atoms with van der Waals surface area (Å²) in [4.78, 5) is 14.0. The van der Waals surface area contributed by atoms with Crippen LogP contribution in [0.4, 0.5) is 0 Å². The van der Waals surface area contributed by atoms with Crippen molar-refractivity contribution in [2.75, 3.05) is 26.2 Å². The quantitative estimate of drug-likeness (QED) is 0.876. The number of hydrogen-bond donors (Lipinski definition) is 1. The molecule has 2 unspecified atom stereocenters. The monoisotopic (exact) mass is 369 g/mol. The minimum atomic E-state index is -3.47. The number of hydrogen-bond acceptors (Lipinski definition) is 4. The molecule has 2 fully saturated rings. The van der Waals surface area contributed by atoms with Crippen LogP contribution in [0.25, 0.3) is 0 Å². The molecule has 0 radical (unpaired) electrons. The normalized spacial score (nSPS) is 26.7. The van der Waals surface area contributed by atoms with E-state index in [2.05, 4.69) is 18.6 Å². The van der Waals surface area contributed by atoms with Crippen LogP contribution >= 0.6 is 0 Å². The van der Waals surface area contributed by atoms with Crippen molar-refractivity contribution in [1.82, 2.24) is 13.9 Å². The largest absolute Gasteiger partial charge is 0.459 e. The SMILES string of the molecule is CC1CC(C)CN(S(=O)(=O)NC2CCN(C(=O)c3ccco3)CC2)C1. The third-order valence-electron chi connectivity index (χ3n) is 5.01. The molecule has 7 nitrogen and oxygen atoms in total. The average molecular weight is 369 g/mol.